The molecule has 2 atom stereocenters. The van der Waals surface area contributed by atoms with E-state index >= 15 is 0 Å². The average Bonchev–Trinajstić information content (AvgIpc) is 2.73. The molecular formula is C16H16N2O3. The first kappa shape index (κ1) is 13.5. The molecule has 3 amide bonds. The fourth-order valence-electron chi connectivity index (χ4n) is 2.90. The topological polar surface area (TPSA) is 66.5 Å². The number of allylic oxidation sites excluding steroid dienone is 2. The van der Waals surface area contributed by atoms with Crippen LogP contribution in [-0.4, -0.2) is 22.7 Å². The number of nitrogens with zero attached hydrogens (tertiary/aromatic N) is 1. The van der Waals surface area contributed by atoms with Crippen LogP contribution in [0.5, 0.6) is 0 Å². The summed E-state index contributed by atoms with van der Waals surface area (Å²) in [6.45, 7) is 1.81. The number of fused-ring (bicyclic) bond motifs is 1. The van der Waals surface area contributed by atoms with Gasteiger partial charge in [0.15, 0.2) is 0 Å². The summed E-state index contributed by atoms with van der Waals surface area (Å²) in [5.41, 5.74) is 3.72. The second kappa shape index (κ2) is 5.16. The maximum absolute atomic E-state index is 12.3. The Labute approximate surface area is 122 Å². The SMILES string of the molecule is Cc1ccccc1C(=O)NN1C(=O)[C@H]2CC=CC[C@H]2C1=O. The summed E-state index contributed by atoms with van der Waals surface area (Å²) < 4.78 is 0. The maximum Gasteiger partial charge on any atom is 0.270 e. The molecule has 108 valence electrons. The molecule has 1 aromatic carbocycles. The number of benzene rings is 1. The molecule has 0 aromatic heterocycles. The number of hydrogen-bond donors (Lipinski definition) is 1. The van der Waals surface area contributed by atoms with Crippen LogP contribution < -0.4 is 5.43 Å². The van der Waals surface area contributed by atoms with Gasteiger partial charge >= 0.3 is 0 Å². The first-order valence-corrected chi connectivity index (χ1v) is 6.99. The lowest BCUT2D eigenvalue weighted by atomic mass is 9.85. The van der Waals surface area contributed by atoms with Crippen LogP contribution in [0.2, 0.25) is 0 Å². The minimum absolute atomic E-state index is 0.309. The molecule has 1 aliphatic heterocycles. The molecule has 3 rings (SSSR count). The van der Waals surface area contributed by atoms with Gasteiger partial charge in [-0.25, -0.2) is 0 Å². The third-order valence-electron chi connectivity index (χ3n) is 4.11. The molecule has 0 spiro atoms. The lowest BCUT2D eigenvalue weighted by molar-refractivity contribution is -0.142. The molecule has 21 heavy (non-hydrogen) atoms. The van der Waals surface area contributed by atoms with Crippen LogP contribution in [0, 0.1) is 18.8 Å². The summed E-state index contributed by atoms with van der Waals surface area (Å²) in [5.74, 6) is -1.71. The number of hydrogen-bond acceptors (Lipinski definition) is 3. The van der Waals surface area contributed by atoms with Gasteiger partial charge in [0, 0.05) is 5.56 Å². The van der Waals surface area contributed by atoms with E-state index < -0.39 is 5.91 Å². The summed E-state index contributed by atoms with van der Waals surface area (Å²) in [6, 6.07) is 7.06. The second-order valence-corrected chi connectivity index (χ2v) is 5.42. The van der Waals surface area contributed by atoms with E-state index in [0.717, 1.165) is 10.6 Å². The van der Waals surface area contributed by atoms with Crippen LogP contribution in [-0.2, 0) is 9.59 Å². The molecule has 5 nitrogen and oxygen atoms in total. The van der Waals surface area contributed by atoms with Crippen molar-refractivity contribution in [1.82, 2.24) is 10.4 Å². The number of carbonyl (C=O) groups is 3. The summed E-state index contributed by atoms with van der Waals surface area (Å²) in [6.07, 6.45) is 4.95. The van der Waals surface area contributed by atoms with E-state index in [-0.39, 0.29) is 23.7 Å². The highest BCUT2D eigenvalue weighted by molar-refractivity contribution is 6.08. The van der Waals surface area contributed by atoms with Gasteiger partial charge in [-0.1, -0.05) is 30.4 Å². The van der Waals surface area contributed by atoms with Crippen molar-refractivity contribution in [3.8, 4) is 0 Å². The van der Waals surface area contributed by atoms with Gasteiger partial charge in [0.1, 0.15) is 0 Å². The highest BCUT2D eigenvalue weighted by Crippen LogP contribution is 2.34. The monoisotopic (exact) mass is 284 g/mol. The van der Waals surface area contributed by atoms with E-state index in [1.165, 1.54) is 0 Å². The Morgan fingerprint density at radius 3 is 2.24 bits per heavy atom. The summed E-state index contributed by atoms with van der Waals surface area (Å²) in [4.78, 5) is 36.8. The zero-order valence-electron chi connectivity index (χ0n) is 11.7. The Morgan fingerprint density at radius 2 is 1.67 bits per heavy atom. The van der Waals surface area contributed by atoms with Crippen LogP contribution in [0.25, 0.3) is 0 Å². The van der Waals surface area contributed by atoms with Gasteiger partial charge in [0.05, 0.1) is 11.8 Å². The molecule has 1 fully saturated rings. The zero-order valence-corrected chi connectivity index (χ0v) is 11.7. The first-order chi connectivity index (χ1) is 10.1. The molecule has 1 aromatic rings. The van der Waals surface area contributed by atoms with Crippen molar-refractivity contribution in [1.29, 1.82) is 0 Å². The fraction of sp³-hybridized carbons (Fsp3) is 0.312. The Balaban J connectivity index is 1.79. The Morgan fingerprint density at radius 1 is 1.10 bits per heavy atom. The number of hydrazine groups is 1. The minimum atomic E-state index is -0.429. The molecule has 1 saturated heterocycles. The summed E-state index contributed by atoms with van der Waals surface area (Å²) in [5, 5.41) is 0.900. The first-order valence-electron chi connectivity index (χ1n) is 6.99. The van der Waals surface area contributed by atoms with E-state index in [2.05, 4.69) is 5.43 Å². The number of rotatable bonds is 2. The van der Waals surface area contributed by atoms with Crippen molar-refractivity contribution in [3.05, 3.63) is 47.5 Å². The lowest BCUT2D eigenvalue weighted by Crippen LogP contribution is -2.46. The highest BCUT2D eigenvalue weighted by atomic mass is 16.2. The number of nitrogens with one attached hydrogen (secondary N) is 1. The molecule has 5 heteroatoms. The van der Waals surface area contributed by atoms with Gasteiger partial charge < -0.3 is 0 Å². The molecular weight excluding hydrogens is 268 g/mol. The van der Waals surface area contributed by atoms with E-state index in [0.29, 0.717) is 18.4 Å². The van der Waals surface area contributed by atoms with Crippen molar-refractivity contribution in [2.24, 2.45) is 11.8 Å². The predicted octanol–water partition coefficient (Wildman–Crippen LogP) is 1.59. The van der Waals surface area contributed by atoms with Gasteiger partial charge in [-0.2, -0.15) is 5.01 Å². The second-order valence-electron chi connectivity index (χ2n) is 5.42. The Bertz CT molecular complexity index is 625. The highest BCUT2D eigenvalue weighted by Gasteiger charge is 2.48. The third kappa shape index (κ3) is 2.24. The van der Waals surface area contributed by atoms with Gasteiger partial charge in [-0.3, -0.25) is 19.8 Å². The zero-order chi connectivity index (χ0) is 15.0. The van der Waals surface area contributed by atoms with Crippen LogP contribution in [0.3, 0.4) is 0 Å². The number of aryl methyl sites for hydroxylation is 1. The number of carbonyl (C=O) groups excluding carboxylic acids is 3. The number of imide groups is 1. The number of amides is 3. The molecule has 0 bridgehead atoms. The molecule has 0 radical (unpaired) electrons. The maximum atomic E-state index is 12.3. The van der Waals surface area contributed by atoms with E-state index in [9.17, 15) is 14.4 Å². The van der Waals surface area contributed by atoms with Gasteiger partial charge in [-0.15, -0.1) is 0 Å². The molecule has 1 aliphatic carbocycles. The van der Waals surface area contributed by atoms with Crippen LogP contribution in [0.4, 0.5) is 0 Å². The standard InChI is InChI=1S/C16H16N2O3/c1-10-6-2-3-7-11(10)14(19)17-18-15(20)12-8-4-5-9-13(12)16(18)21/h2-7,12-13H,8-9H2,1H3,(H,17,19)/t12-,13+. The van der Waals surface area contributed by atoms with Gasteiger partial charge in [-0.05, 0) is 31.4 Å². The van der Waals surface area contributed by atoms with Crippen LogP contribution in [0.15, 0.2) is 36.4 Å². The molecule has 1 heterocycles. The van der Waals surface area contributed by atoms with Crippen molar-refractivity contribution in [2.75, 3.05) is 0 Å². The van der Waals surface area contributed by atoms with Crippen molar-refractivity contribution in [3.63, 3.8) is 0 Å². The summed E-state index contributed by atoms with van der Waals surface area (Å²) >= 11 is 0. The minimum Gasteiger partial charge on any atom is -0.272 e. The van der Waals surface area contributed by atoms with Crippen LogP contribution >= 0.6 is 0 Å². The normalized spacial score (nSPS) is 24.1. The Hall–Kier alpha value is -2.43. The average molecular weight is 284 g/mol. The van der Waals surface area contributed by atoms with E-state index in [1.54, 1.807) is 12.1 Å². The largest absolute Gasteiger partial charge is 0.272 e. The van der Waals surface area contributed by atoms with Crippen LogP contribution in [0.1, 0.15) is 28.8 Å². The predicted molar refractivity (Wildman–Crippen MR) is 75.9 cm³/mol. The molecule has 1 N–H and O–H groups in total. The molecule has 0 saturated carbocycles. The summed E-state index contributed by atoms with van der Waals surface area (Å²) in [7, 11) is 0. The van der Waals surface area contributed by atoms with Crippen molar-refractivity contribution >= 4 is 17.7 Å². The Kier molecular flexibility index (Phi) is 3.33. The smallest absolute Gasteiger partial charge is 0.270 e. The van der Waals surface area contributed by atoms with Gasteiger partial charge in [0.25, 0.3) is 17.7 Å². The molecule has 2 aliphatic rings. The van der Waals surface area contributed by atoms with Crippen molar-refractivity contribution < 1.29 is 14.4 Å². The lowest BCUT2D eigenvalue weighted by Gasteiger charge is -2.16. The van der Waals surface area contributed by atoms with E-state index in [4.69, 9.17) is 0 Å². The quantitative estimate of drug-likeness (QED) is 0.662. The third-order valence-corrected chi connectivity index (χ3v) is 4.11. The fourth-order valence-corrected chi connectivity index (χ4v) is 2.90. The van der Waals surface area contributed by atoms with E-state index in [1.807, 2.05) is 31.2 Å². The van der Waals surface area contributed by atoms with Gasteiger partial charge in [0.2, 0.25) is 0 Å². The van der Waals surface area contributed by atoms with Crippen molar-refractivity contribution in [2.45, 2.75) is 19.8 Å². The molecule has 0 unspecified atom stereocenters.